The Kier molecular flexibility index (Phi) is 8.77. The van der Waals surface area contributed by atoms with Gasteiger partial charge in [-0.2, -0.15) is 5.26 Å². The Morgan fingerprint density at radius 3 is 0.906 bits per heavy atom. The first-order valence-electron chi connectivity index (χ1n) is 21.4. The van der Waals surface area contributed by atoms with Gasteiger partial charge in [0.25, 0.3) is 0 Å². The molecule has 0 saturated heterocycles. The van der Waals surface area contributed by atoms with Gasteiger partial charge in [0.1, 0.15) is 11.6 Å². The summed E-state index contributed by atoms with van der Waals surface area (Å²) in [6.07, 6.45) is 0. The van der Waals surface area contributed by atoms with Crippen molar-refractivity contribution in [2.45, 2.75) is 0 Å². The summed E-state index contributed by atoms with van der Waals surface area (Å²) in [7, 11) is 0. The van der Waals surface area contributed by atoms with Crippen molar-refractivity contribution in [3.8, 4) is 73.9 Å². The van der Waals surface area contributed by atoms with E-state index >= 15 is 0 Å². The number of benzene rings is 9. The van der Waals surface area contributed by atoms with Crippen LogP contribution in [-0.4, -0.2) is 24.1 Å². The fourth-order valence-corrected chi connectivity index (χ4v) is 9.52. The van der Waals surface area contributed by atoms with E-state index in [1.165, 1.54) is 0 Å². The van der Waals surface area contributed by atoms with E-state index in [-0.39, 0.29) is 0 Å². The van der Waals surface area contributed by atoms with E-state index in [1.54, 1.807) is 0 Å². The van der Waals surface area contributed by atoms with E-state index in [0.29, 0.717) is 23.0 Å². The monoisotopic (exact) mass is 816 g/mol. The number of para-hydroxylation sites is 4. The molecule has 0 aliphatic rings. The van der Waals surface area contributed by atoms with Crippen molar-refractivity contribution in [1.29, 1.82) is 5.26 Å². The molecule has 0 spiro atoms. The highest BCUT2D eigenvalue weighted by molar-refractivity contribution is 6.14. The van der Waals surface area contributed by atoms with Gasteiger partial charge in [0.15, 0.2) is 17.5 Å². The van der Waals surface area contributed by atoms with Crippen LogP contribution in [0.5, 0.6) is 0 Å². The number of nitrogens with zero attached hydrogens (tertiary/aromatic N) is 6. The van der Waals surface area contributed by atoms with Crippen LogP contribution in [0, 0.1) is 11.3 Å². The van der Waals surface area contributed by atoms with E-state index in [0.717, 1.165) is 93.9 Å². The van der Waals surface area contributed by atoms with Crippen LogP contribution >= 0.6 is 0 Å². The average Bonchev–Trinajstić information content (AvgIpc) is 3.89. The zero-order chi connectivity index (χ0) is 42.6. The SMILES string of the molecule is N#Cc1c(-n2c3ccccc3c3ccccc32)c(-c2ccccc2)c(-c2nc(-c3ccccc3)nc(-c3ccccc3)n2)c(-c2ccccc2)c1-n1c2ccccc2c2ccccc21. The number of nitriles is 1. The number of rotatable bonds is 7. The largest absolute Gasteiger partial charge is 0.307 e. The Balaban J connectivity index is 1.39. The molecule has 9 aromatic carbocycles. The Morgan fingerprint density at radius 1 is 0.297 bits per heavy atom. The molecule has 0 saturated carbocycles. The predicted octanol–water partition coefficient (Wildman–Crippen LogP) is 14.3. The van der Waals surface area contributed by atoms with Crippen LogP contribution in [0.2, 0.25) is 0 Å². The molecule has 0 amide bonds. The van der Waals surface area contributed by atoms with Gasteiger partial charge in [0, 0.05) is 49.4 Å². The molecule has 298 valence electrons. The molecule has 0 fully saturated rings. The van der Waals surface area contributed by atoms with Gasteiger partial charge in [-0.15, -0.1) is 0 Å². The zero-order valence-electron chi connectivity index (χ0n) is 34.5. The molecule has 0 aliphatic heterocycles. The van der Waals surface area contributed by atoms with Gasteiger partial charge in [0.05, 0.1) is 33.4 Å². The van der Waals surface area contributed by atoms with Gasteiger partial charge in [-0.05, 0) is 35.4 Å². The molecule has 0 aliphatic carbocycles. The molecule has 12 aromatic rings. The van der Waals surface area contributed by atoms with Crippen molar-refractivity contribution in [2.24, 2.45) is 0 Å². The molecular formula is C58H36N6. The lowest BCUT2D eigenvalue weighted by Gasteiger charge is -2.27. The molecule has 0 N–H and O–H groups in total. The first-order valence-corrected chi connectivity index (χ1v) is 21.4. The van der Waals surface area contributed by atoms with Crippen LogP contribution in [0.1, 0.15) is 5.56 Å². The van der Waals surface area contributed by atoms with Crippen molar-refractivity contribution in [3.63, 3.8) is 0 Å². The highest BCUT2D eigenvalue weighted by Crippen LogP contribution is 2.51. The third-order valence-corrected chi connectivity index (χ3v) is 12.2. The molecule has 0 radical (unpaired) electrons. The van der Waals surface area contributed by atoms with E-state index in [4.69, 9.17) is 15.0 Å². The summed E-state index contributed by atoms with van der Waals surface area (Å²) in [6, 6.07) is 77.8. The van der Waals surface area contributed by atoms with Crippen LogP contribution in [0.25, 0.3) is 111 Å². The Hall–Kier alpha value is -8.92. The molecule has 3 heterocycles. The standard InChI is InChI=1S/C58H36N6/c59-37-46-54(63-47-33-17-13-29-42(47)43-30-14-18-34-48(43)63)51(38-21-5-1-6-22-38)53(58-61-56(40-25-9-3-10-26-40)60-57(62-58)41-27-11-4-12-28-41)52(39-23-7-2-8-24-39)55(46)64-49-35-19-15-31-44(49)45-32-16-20-36-50(45)64/h1-36H. The summed E-state index contributed by atoms with van der Waals surface area (Å²) in [5.74, 6) is 1.58. The second kappa shape index (κ2) is 15.2. The second-order valence-corrected chi connectivity index (χ2v) is 15.8. The molecule has 12 rings (SSSR count). The number of fused-ring (bicyclic) bond motifs is 6. The van der Waals surface area contributed by atoms with Gasteiger partial charge in [0.2, 0.25) is 0 Å². The highest BCUT2D eigenvalue weighted by Gasteiger charge is 2.33. The van der Waals surface area contributed by atoms with Crippen LogP contribution < -0.4 is 0 Å². The van der Waals surface area contributed by atoms with Crippen molar-refractivity contribution in [1.82, 2.24) is 24.1 Å². The molecular weight excluding hydrogens is 781 g/mol. The lowest BCUT2D eigenvalue weighted by atomic mass is 9.85. The molecule has 6 heteroatoms. The first kappa shape index (κ1) is 36.9. The van der Waals surface area contributed by atoms with Crippen LogP contribution in [0.4, 0.5) is 0 Å². The van der Waals surface area contributed by atoms with Gasteiger partial charge in [-0.25, -0.2) is 15.0 Å². The Labute approximate surface area is 369 Å². The minimum atomic E-state index is 0.485. The highest BCUT2D eigenvalue weighted by atomic mass is 15.1. The summed E-state index contributed by atoms with van der Waals surface area (Å²) in [4.78, 5) is 16.2. The second-order valence-electron chi connectivity index (χ2n) is 15.8. The lowest BCUT2D eigenvalue weighted by molar-refractivity contribution is 1.07. The minimum Gasteiger partial charge on any atom is -0.307 e. The number of hydrogen-bond acceptors (Lipinski definition) is 4. The topological polar surface area (TPSA) is 72.3 Å². The molecule has 0 bridgehead atoms. The maximum atomic E-state index is 12.2. The third kappa shape index (κ3) is 5.83. The van der Waals surface area contributed by atoms with Crippen molar-refractivity contribution in [3.05, 3.63) is 224 Å². The van der Waals surface area contributed by atoms with Crippen LogP contribution in [0.3, 0.4) is 0 Å². The maximum Gasteiger partial charge on any atom is 0.165 e. The fourth-order valence-electron chi connectivity index (χ4n) is 9.52. The van der Waals surface area contributed by atoms with Gasteiger partial charge < -0.3 is 9.13 Å². The molecule has 3 aromatic heterocycles. The van der Waals surface area contributed by atoms with E-state index in [9.17, 15) is 5.26 Å². The molecule has 64 heavy (non-hydrogen) atoms. The quantitative estimate of drug-likeness (QED) is 0.161. The Morgan fingerprint density at radius 2 is 0.578 bits per heavy atom. The van der Waals surface area contributed by atoms with Crippen molar-refractivity contribution in [2.75, 3.05) is 0 Å². The summed E-state index contributed by atoms with van der Waals surface area (Å²) >= 11 is 0. The van der Waals surface area contributed by atoms with Gasteiger partial charge >= 0.3 is 0 Å². The summed E-state index contributed by atoms with van der Waals surface area (Å²) < 4.78 is 4.58. The first-order chi connectivity index (χ1) is 31.8. The van der Waals surface area contributed by atoms with Gasteiger partial charge in [-0.1, -0.05) is 194 Å². The van der Waals surface area contributed by atoms with Crippen molar-refractivity contribution >= 4 is 43.6 Å². The zero-order valence-corrected chi connectivity index (χ0v) is 34.5. The molecule has 0 unspecified atom stereocenters. The summed E-state index contributed by atoms with van der Waals surface area (Å²) in [5.41, 5.74) is 11.9. The minimum absolute atomic E-state index is 0.485. The van der Waals surface area contributed by atoms with Crippen LogP contribution in [0.15, 0.2) is 218 Å². The predicted molar refractivity (Wildman–Crippen MR) is 260 cm³/mol. The van der Waals surface area contributed by atoms with E-state index in [1.807, 2.05) is 72.8 Å². The van der Waals surface area contributed by atoms with E-state index < -0.39 is 0 Å². The fraction of sp³-hybridized carbons (Fsp3) is 0. The summed E-state index contributed by atoms with van der Waals surface area (Å²) in [5, 5.41) is 16.5. The molecule has 0 atom stereocenters. The van der Waals surface area contributed by atoms with Crippen LogP contribution in [-0.2, 0) is 0 Å². The number of aromatic nitrogens is 5. The summed E-state index contributed by atoms with van der Waals surface area (Å²) in [6.45, 7) is 0. The van der Waals surface area contributed by atoms with Gasteiger partial charge in [-0.3, -0.25) is 0 Å². The lowest BCUT2D eigenvalue weighted by Crippen LogP contribution is -2.12. The Bertz CT molecular complexity index is 3430. The van der Waals surface area contributed by atoms with Crippen molar-refractivity contribution < 1.29 is 0 Å². The average molecular weight is 817 g/mol. The normalized spacial score (nSPS) is 11.4. The van der Waals surface area contributed by atoms with E-state index in [2.05, 4.69) is 161 Å². The maximum absolute atomic E-state index is 12.2. The third-order valence-electron chi connectivity index (χ3n) is 12.2. The molecule has 6 nitrogen and oxygen atoms in total. The number of hydrogen-bond donors (Lipinski definition) is 0. The smallest absolute Gasteiger partial charge is 0.165 e.